The Labute approximate surface area is 91.7 Å². The van der Waals surface area contributed by atoms with E-state index in [0.717, 1.165) is 0 Å². The minimum atomic E-state index is -0.0191. The molecule has 6 heteroatoms. The molecule has 0 radical (unpaired) electrons. The number of rotatable bonds is 3. The summed E-state index contributed by atoms with van der Waals surface area (Å²) in [5, 5.41) is 13.6. The van der Waals surface area contributed by atoms with Crippen molar-refractivity contribution >= 4 is 0 Å². The molecule has 0 aliphatic heterocycles. The number of phenols is 1. The summed E-state index contributed by atoms with van der Waals surface area (Å²) in [5.74, 6) is 0.944. The Balaban J connectivity index is 2.47. The van der Waals surface area contributed by atoms with E-state index in [-0.39, 0.29) is 18.1 Å². The van der Waals surface area contributed by atoms with Crippen LogP contribution in [0.15, 0.2) is 22.7 Å². The quantitative estimate of drug-likeness (QED) is 0.799. The zero-order valence-corrected chi connectivity index (χ0v) is 8.67. The van der Waals surface area contributed by atoms with Crippen molar-refractivity contribution in [2.75, 3.05) is 7.11 Å². The number of phenolic OH excluding ortho intramolecular Hbond substituents is 1. The Morgan fingerprint density at radius 3 is 2.94 bits per heavy atom. The molecule has 6 nitrogen and oxygen atoms in total. The molecule has 2 rings (SSSR count). The van der Waals surface area contributed by atoms with Crippen molar-refractivity contribution in [3.8, 4) is 22.9 Å². The number of ether oxygens (including phenoxy) is 1. The molecule has 0 bridgehead atoms. The maximum atomic E-state index is 9.85. The van der Waals surface area contributed by atoms with Gasteiger partial charge in [-0.25, -0.2) is 0 Å². The Kier molecular flexibility index (Phi) is 2.74. The Bertz CT molecular complexity index is 496. The van der Waals surface area contributed by atoms with Crippen molar-refractivity contribution in [2.45, 2.75) is 6.54 Å². The van der Waals surface area contributed by atoms with Gasteiger partial charge >= 0.3 is 0 Å². The fraction of sp³-hybridized carbons (Fsp3) is 0.200. The van der Waals surface area contributed by atoms with Crippen LogP contribution in [0.5, 0.6) is 11.5 Å². The van der Waals surface area contributed by atoms with Crippen LogP contribution in [-0.4, -0.2) is 22.4 Å². The predicted octanol–water partition coefficient (Wildman–Crippen LogP) is 0.909. The highest BCUT2D eigenvalue weighted by Gasteiger charge is 2.14. The summed E-state index contributed by atoms with van der Waals surface area (Å²) in [5.41, 5.74) is 5.80. The van der Waals surface area contributed by atoms with E-state index < -0.39 is 0 Å². The molecule has 1 aromatic carbocycles. The second kappa shape index (κ2) is 4.19. The SMILES string of the molecule is COc1cccc(-c2noc(CN)n2)c1O. The molecule has 16 heavy (non-hydrogen) atoms. The Morgan fingerprint density at radius 1 is 1.50 bits per heavy atom. The number of nitrogens with zero attached hydrogens (tertiary/aromatic N) is 2. The molecule has 0 atom stereocenters. The number of hydrogen-bond acceptors (Lipinski definition) is 6. The zero-order chi connectivity index (χ0) is 11.5. The molecule has 0 aliphatic rings. The van der Waals surface area contributed by atoms with Gasteiger partial charge in [0.25, 0.3) is 0 Å². The largest absolute Gasteiger partial charge is 0.504 e. The molecule has 84 valence electrons. The maximum absolute atomic E-state index is 9.85. The smallest absolute Gasteiger partial charge is 0.240 e. The minimum Gasteiger partial charge on any atom is -0.504 e. The summed E-state index contributed by atoms with van der Waals surface area (Å²) in [6.07, 6.45) is 0. The number of hydrogen-bond donors (Lipinski definition) is 2. The Hall–Kier alpha value is -2.08. The molecule has 2 aromatic rings. The lowest BCUT2D eigenvalue weighted by Gasteiger charge is -2.04. The summed E-state index contributed by atoms with van der Waals surface area (Å²) >= 11 is 0. The molecule has 0 aliphatic carbocycles. The first-order valence-corrected chi connectivity index (χ1v) is 4.65. The van der Waals surface area contributed by atoms with Gasteiger partial charge in [-0.3, -0.25) is 0 Å². The lowest BCUT2D eigenvalue weighted by atomic mass is 10.2. The third kappa shape index (κ3) is 1.70. The molecule has 1 aromatic heterocycles. The van der Waals surface area contributed by atoms with Gasteiger partial charge in [-0.15, -0.1) is 0 Å². The van der Waals surface area contributed by atoms with Gasteiger partial charge in [0.15, 0.2) is 11.5 Å². The van der Waals surface area contributed by atoms with Gasteiger partial charge < -0.3 is 20.1 Å². The van der Waals surface area contributed by atoms with E-state index in [1.165, 1.54) is 7.11 Å². The number of aromatic nitrogens is 2. The lowest BCUT2D eigenvalue weighted by Crippen LogP contribution is -1.95. The molecule has 0 saturated heterocycles. The first-order chi connectivity index (χ1) is 7.76. The van der Waals surface area contributed by atoms with Crippen LogP contribution >= 0.6 is 0 Å². The van der Waals surface area contributed by atoms with E-state index in [4.69, 9.17) is 15.0 Å². The monoisotopic (exact) mass is 221 g/mol. The van der Waals surface area contributed by atoms with Crippen LogP contribution in [0.1, 0.15) is 5.89 Å². The van der Waals surface area contributed by atoms with E-state index in [2.05, 4.69) is 10.1 Å². The lowest BCUT2D eigenvalue weighted by molar-refractivity contribution is 0.372. The van der Waals surface area contributed by atoms with E-state index in [1.807, 2.05) is 0 Å². The van der Waals surface area contributed by atoms with Crippen molar-refractivity contribution in [3.63, 3.8) is 0 Å². The number of benzene rings is 1. The molecule has 0 amide bonds. The normalized spacial score (nSPS) is 10.4. The van der Waals surface area contributed by atoms with E-state index in [9.17, 15) is 5.11 Å². The number of methoxy groups -OCH3 is 1. The topological polar surface area (TPSA) is 94.4 Å². The number of aromatic hydroxyl groups is 1. The number of para-hydroxylation sites is 1. The first kappa shape index (κ1) is 10.4. The van der Waals surface area contributed by atoms with Crippen LogP contribution < -0.4 is 10.5 Å². The van der Waals surface area contributed by atoms with E-state index >= 15 is 0 Å². The highest BCUT2D eigenvalue weighted by molar-refractivity contribution is 5.67. The summed E-state index contributed by atoms with van der Waals surface area (Å²) in [6, 6.07) is 5.04. The second-order valence-electron chi connectivity index (χ2n) is 3.07. The van der Waals surface area contributed by atoms with Crippen molar-refractivity contribution in [1.82, 2.24) is 10.1 Å². The summed E-state index contributed by atoms with van der Waals surface area (Å²) < 4.78 is 9.84. The second-order valence-corrected chi connectivity index (χ2v) is 3.07. The molecular weight excluding hydrogens is 210 g/mol. The fourth-order valence-electron chi connectivity index (χ4n) is 1.31. The minimum absolute atomic E-state index is 0.0191. The first-order valence-electron chi connectivity index (χ1n) is 4.65. The Morgan fingerprint density at radius 2 is 2.31 bits per heavy atom. The molecule has 1 heterocycles. The highest BCUT2D eigenvalue weighted by Crippen LogP contribution is 2.35. The van der Waals surface area contributed by atoms with E-state index in [0.29, 0.717) is 17.2 Å². The van der Waals surface area contributed by atoms with Crippen LogP contribution in [0.3, 0.4) is 0 Å². The van der Waals surface area contributed by atoms with E-state index in [1.54, 1.807) is 18.2 Å². The van der Waals surface area contributed by atoms with Crippen molar-refractivity contribution < 1.29 is 14.4 Å². The van der Waals surface area contributed by atoms with Gasteiger partial charge in [-0.05, 0) is 12.1 Å². The zero-order valence-electron chi connectivity index (χ0n) is 8.67. The highest BCUT2D eigenvalue weighted by atomic mass is 16.5. The molecule has 0 unspecified atom stereocenters. The van der Waals surface area contributed by atoms with Crippen LogP contribution in [0.25, 0.3) is 11.4 Å². The third-order valence-electron chi connectivity index (χ3n) is 2.10. The van der Waals surface area contributed by atoms with Gasteiger partial charge in [0.05, 0.1) is 19.2 Å². The van der Waals surface area contributed by atoms with Crippen LogP contribution in [-0.2, 0) is 6.54 Å². The average molecular weight is 221 g/mol. The van der Waals surface area contributed by atoms with Crippen molar-refractivity contribution in [1.29, 1.82) is 0 Å². The van der Waals surface area contributed by atoms with Gasteiger partial charge in [-0.1, -0.05) is 11.2 Å². The molecule has 3 N–H and O–H groups in total. The van der Waals surface area contributed by atoms with Gasteiger partial charge in [-0.2, -0.15) is 4.98 Å². The summed E-state index contributed by atoms with van der Waals surface area (Å²) in [6.45, 7) is 0.164. The average Bonchev–Trinajstić information content (AvgIpc) is 2.78. The van der Waals surface area contributed by atoms with Gasteiger partial charge in [0.1, 0.15) is 0 Å². The van der Waals surface area contributed by atoms with Crippen molar-refractivity contribution in [3.05, 3.63) is 24.1 Å². The molecule has 0 spiro atoms. The molecule has 0 saturated carbocycles. The van der Waals surface area contributed by atoms with Gasteiger partial charge in [0, 0.05) is 0 Å². The summed E-state index contributed by atoms with van der Waals surface area (Å²) in [4.78, 5) is 4.02. The van der Waals surface area contributed by atoms with Crippen molar-refractivity contribution in [2.24, 2.45) is 5.73 Å². The molecular formula is C10H11N3O3. The standard InChI is InChI=1S/C10H11N3O3/c1-15-7-4-2-3-6(9(7)14)10-12-8(5-11)16-13-10/h2-4,14H,5,11H2,1H3. The maximum Gasteiger partial charge on any atom is 0.240 e. The van der Waals surface area contributed by atoms with Crippen LogP contribution in [0, 0.1) is 0 Å². The fourth-order valence-corrected chi connectivity index (χ4v) is 1.31. The third-order valence-corrected chi connectivity index (χ3v) is 2.10. The summed E-state index contributed by atoms with van der Waals surface area (Å²) in [7, 11) is 1.47. The van der Waals surface area contributed by atoms with Crippen LogP contribution in [0.2, 0.25) is 0 Å². The molecule has 0 fully saturated rings. The van der Waals surface area contributed by atoms with Crippen LogP contribution in [0.4, 0.5) is 0 Å². The predicted molar refractivity (Wildman–Crippen MR) is 55.8 cm³/mol. The van der Waals surface area contributed by atoms with Gasteiger partial charge in [0.2, 0.25) is 11.7 Å². The number of nitrogens with two attached hydrogens (primary N) is 1.